The normalized spacial score (nSPS) is 20.1. The molecule has 2 aromatic carbocycles. The third-order valence-electron chi connectivity index (χ3n) is 4.40. The van der Waals surface area contributed by atoms with Crippen molar-refractivity contribution in [1.29, 1.82) is 0 Å². The molecule has 5 nitrogen and oxygen atoms in total. The van der Waals surface area contributed by atoms with Crippen molar-refractivity contribution in [2.75, 3.05) is 19.7 Å². The van der Waals surface area contributed by atoms with Gasteiger partial charge in [-0.25, -0.2) is 0 Å². The molecule has 2 atom stereocenters. The highest BCUT2D eigenvalue weighted by atomic mass is 16.6. The maximum absolute atomic E-state index is 10.8. The Bertz CT molecular complexity index is 658. The summed E-state index contributed by atoms with van der Waals surface area (Å²) in [5, 5.41) is 10.8. The van der Waals surface area contributed by atoms with Crippen molar-refractivity contribution in [3.05, 3.63) is 75.8 Å². The average molecular weight is 312 g/mol. The zero-order valence-electron chi connectivity index (χ0n) is 13.1. The SMILES string of the molecule is C[C@@H](c1ccccc1)N1CCO[C@@H](c2ccc([N+](=O)[O-])cc2)C1. The van der Waals surface area contributed by atoms with Gasteiger partial charge in [0.15, 0.2) is 0 Å². The lowest BCUT2D eigenvalue weighted by atomic mass is 10.0. The summed E-state index contributed by atoms with van der Waals surface area (Å²) in [5.41, 5.74) is 2.39. The summed E-state index contributed by atoms with van der Waals surface area (Å²) in [7, 11) is 0. The van der Waals surface area contributed by atoms with Gasteiger partial charge in [0.25, 0.3) is 5.69 Å². The second kappa shape index (κ2) is 6.89. The van der Waals surface area contributed by atoms with Crippen molar-refractivity contribution in [3.8, 4) is 0 Å². The van der Waals surface area contributed by atoms with Crippen LogP contribution in [-0.4, -0.2) is 29.5 Å². The predicted molar refractivity (Wildman–Crippen MR) is 88.2 cm³/mol. The second-order valence-electron chi connectivity index (χ2n) is 5.79. The van der Waals surface area contributed by atoms with Crippen LogP contribution in [0, 0.1) is 10.1 Å². The van der Waals surface area contributed by atoms with E-state index in [1.807, 2.05) is 6.07 Å². The highest BCUT2D eigenvalue weighted by Gasteiger charge is 2.26. The molecule has 0 radical (unpaired) electrons. The molecule has 1 saturated heterocycles. The van der Waals surface area contributed by atoms with Gasteiger partial charge in [-0.05, 0) is 30.2 Å². The number of hydrogen-bond acceptors (Lipinski definition) is 4. The molecule has 3 rings (SSSR count). The minimum atomic E-state index is -0.380. The first-order valence-electron chi connectivity index (χ1n) is 7.80. The van der Waals surface area contributed by atoms with Crippen LogP contribution in [0.2, 0.25) is 0 Å². The Balaban J connectivity index is 1.71. The van der Waals surface area contributed by atoms with E-state index in [-0.39, 0.29) is 16.7 Å². The van der Waals surface area contributed by atoms with E-state index in [1.54, 1.807) is 12.1 Å². The van der Waals surface area contributed by atoms with E-state index in [0.29, 0.717) is 12.6 Å². The first-order valence-corrected chi connectivity index (χ1v) is 7.80. The molecule has 1 aliphatic rings. The van der Waals surface area contributed by atoms with Gasteiger partial charge in [-0.2, -0.15) is 0 Å². The molecule has 0 saturated carbocycles. The third kappa shape index (κ3) is 3.57. The summed E-state index contributed by atoms with van der Waals surface area (Å²) in [4.78, 5) is 12.8. The predicted octanol–water partition coefficient (Wildman–Crippen LogP) is 3.73. The molecule has 1 aliphatic heterocycles. The summed E-state index contributed by atoms with van der Waals surface area (Å²) in [5.74, 6) is 0. The minimum absolute atomic E-state index is 0.0456. The van der Waals surface area contributed by atoms with E-state index in [4.69, 9.17) is 4.74 Å². The molecule has 2 aromatic rings. The number of nitro benzene ring substituents is 1. The lowest BCUT2D eigenvalue weighted by molar-refractivity contribution is -0.384. The summed E-state index contributed by atoms with van der Waals surface area (Å²) in [6, 6.07) is 17.4. The monoisotopic (exact) mass is 312 g/mol. The van der Waals surface area contributed by atoms with Crippen molar-refractivity contribution in [2.24, 2.45) is 0 Å². The Hall–Kier alpha value is -2.24. The number of morpholine rings is 1. The molecule has 0 unspecified atom stereocenters. The molecular formula is C18H20N2O3. The van der Waals surface area contributed by atoms with Crippen molar-refractivity contribution < 1.29 is 9.66 Å². The van der Waals surface area contributed by atoms with Crippen LogP contribution in [-0.2, 0) is 4.74 Å². The number of rotatable bonds is 4. The van der Waals surface area contributed by atoms with Gasteiger partial charge in [0.05, 0.1) is 17.6 Å². The van der Waals surface area contributed by atoms with Crippen LogP contribution in [0.15, 0.2) is 54.6 Å². The van der Waals surface area contributed by atoms with E-state index >= 15 is 0 Å². The Morgan fingerprint density at radius 2 is 1.87 bits per heavy atom. The molecule has 1 fully saturated rings. The summed E-state index contributed by atoms with van der Waals surface area (Å²) < 4.78 is 5.87. The lowest BCUT2D eigenvalue weighted by Gasteiger charge is -2.37. The number of benzene rings is 2. The number of ether oxygens (including phenoxy) is 1. The van der Waals surface area contributed by atoms with Gasteiger partial charge in [-0.1, -0.05) is 30.3 Å². The van der Waals surface area contributed by atoms with E-state index < -0.39 is 0 Å². The molecule has 0 spiro atoms. The zero-order chi connectivity index (χ0) is 16.2. The Labute approximate surface area is 135 Å². The fourth-order valence-corrected chi connectivity index (χ4v) is 2.98. The number of hydrogen-bond donors (Lipinski definition) is 0. The van der Waals surface area contributed by atoms with Gasteiger partial charge < -0.3 is 4.74 Å². The highest BCUT2D eigenvalue weighted by molar-refractivity contribution is 5.34. The van der Waals surface area contributed by atoms with Crippen molar-refractivity contribution >= 4 is 5.69 Å². The smallest absolute Gasteiger partial charge is 0.269 e. The quantitative estimate of drug-likeness (QED) is 0.637. The maximum atomic E-state index is 10.8. The molecule has 0 aromatic heterocycles. The first kappa shape index (κ1) is 15.6. The fourth-order valence-electron chi connectivity index (χ4n) is 2.98. The minimum Gasteiger partial charge on any atom is -0.371 e. The van der Waals surface area contributed by atoms with Crippen LogP contribution in [0.3, 0.4) is 0 Å². The molecular weight excluding hydrogens is 292 g/mol. The molecule has 0 N–H and O–H groups in total. The average Bonchev–Trinajstić information content (AvgIpc) is 2.62. The van der Waals surface area contributed by atoms with Gasteiger partial charge in [-0.3, -0.25) is 15.0 Å². The lowest BCUT2D eigenvalue weighted by Crippen LogP contribution is -2.39. The van der Waals surface area contributed by atoms with Crippen LogP contribution in [0.5, 0.6) is 0 Å². The highest BCUT2D eigenvalue weighted by Crippen LogP contribution is 2.29. The van der Waals surface area contributed by atoms with Crippen molar-refractivity contribution in [2.45, 2.75) is 19.1 Å². The van der Waals surface area contributed by atoms with Gasteiger partial charge in [-0.15, -0.1) is 0 Å². The van der Waals surface area contributed by atoms with Crippen molar-refractivity contribution in [3.63, 3.8) is 0 Å². The van der Waals surface area contributed by atoms with E-state index in [1.165, 1.54) is 17.7 Å². The zero-order valence-corrected chi connectivity index (χ0v) is 13.1. The number of non-ortho nitro benzene ring substituents is 1. The van der Waals surface area contributed by atoms with Gasteiger partial charge >= 0.3 is 0 Å². The van der Waals surface area contributed by atoms with Crippen molar-refractivity contribution in [1.82, 2.24) is 4.90 Å². The molecule has 1 heterocycles. The van der Waals surface area contributed by atoms with Gasteiger partial charge in [0.2, 0.25) is 0 Å². The third-order valence-corrected chi connectivity index (χ3v) is 4.40. The largest absolute Gasteiger partial charge is 0.371 e. The van der Waals surface area contributed by atoms with E-state index in [9.17, 15) is 10.1 Å². The first-order chi connectivity index (χ1) is 11.1. The van der Waals surface area contributed by atoms with E-state index in [2.05, 4.69) is 36.1 Å². The van der Waals surface area contributed by atoms with Crippen LogP contribution in [0.1, 0.15) is 30.2 Å². The molecule has 5 heteroatoms. The molecule has 0 amide bonds. The van der Waals surface area contributed by atoms with Crippen LogP contribution in [0.4, 0.5) is 5.69 Å². The van der Waals surface area contributed by atoms with Crippen LogP contribution >= 0.6 is 0 Å². The Morgan fingerprint density at radius 1 is 1.17 bits per heavy atom. The summed E-state index contributed by atoms with van der Waals surface area (Å²) in [6.07, 6.45) is -0.0456. The summed E-state index contributed by atoms with van der Waals surface area (Å²) in [6.45, 7) is 4.54. The van der Waals surface area contributed by atoms with Crippen LogP contribution < -0.4 is 0 Å². The topological polar surface area (TPSA) is 55.6 Å². The Kier molecular flexibility index (Phi) is 4.69. The fraction of sp³-hybridized carbons (Fsp3) is 0.333. The van der Waals surface area contributed by atoms with Gasteiger partial charge in [0, 0.05) is 31.3 Å². The van der Waals surface area contributed by atoms with E-state index in [0.717, 1.165) is 18.7 Å². The number of nitrogens with zero attached hydrogens (tertiary/aromatic N) is 2. The standard InChI is InChI=1S/C18H20N2O3/c1-14(15-5-3-2-4-6-15)19-11-12-23-18(13-19)16-7-9-17(10-8-16)20(21)22/h2-10,14,18H,11-13H2,1H3/t14-,18+/m0/s1. The Morgan fingerprint density at radius 3 is 2.52 bits per heavy atom. The number of nitro groups is 1. The maximum Gasteiger partial charge on any atom is 0.269 e. The van der Waals surface area contributed by atoms with Gasteiger partial charge in [0.1, 0.15) is 0 Å². The second-order valence-corrected chi connectivity index (χ2v) is 5.79. The van der Waals surface area contributed by atoms with Crippen LogP contribution in [0.25, 0.3) is 0 Å². The molecule has 0 bridgehead atoms. The molecule has 23 heavy (non-hydrogen) atoms. The molecule has 0 aliphatic carbocycles. The molecule has 120 valence electrons. The summed E-state index contributed by atoms with van der Waals surface area (Å²) >= 11 is 0.